The molecule has 0 spiro atoms. The molecule has 0 bridgehead atoms. The Bertz CT molecular complexity index is 487. The number of benzene rings is 1. The fourth-order valence-electron chi connectivity index (χ4n) is 2.01. The number of hydrogen-bond donors (Lipinski definition) is 2. The molecule has 0 radical (unpaired) electrons. The van der Waals surface area contributed by atoms with Gasteiger partial charge in [-0.3, -0.25) is 9.59 Å². The van der Waals surface area contributed by atoms with E-state index in [-0.39, 0.29) is 12.2 Å². The van der Waals surface area contributed by atoms with Gasteiger partial charge in [0.1, 0.15) is 0 Å². The first kappa shape index (κ1) is 13.1. The summed E-state index contributed by atoms with van der Waals surface area (Å²) in [5.74, 6) is -0.237. The van der Waals surface area contributed by atoms with Crippen molar-refractivity contribution >= 4 is 23.5 Å². The summed E-state index contributed by atoms with van der Waals surface area (Å²) in [4.78, 5) is 23.7. The molecule has 0 aromatic heterocycles. The second-order valence-electron chi connectivity index (χ2n) is 4.34. The minimum atomic E-state index is -1.05. The molecule has 1 aliphatic rings. The van der Waals surface area contributed by atoms with Crippen LogP contribution in [0.5, 0.6) is 0 Å². The van der Waals surface area contributed by atoms with Crippen molar-refractivity contribution in [3.05, 3.63) is 29.3 Å². The van der Waals surface area contributed by atoms with Crippen LogP contribution >= 0.6 is 11.8 Å². The van der Waals surface area contributed by atoms with Crippen LogP contribution in [0.15, 0.2) is 23.1 Å². The topological polar surface area (TPSA) is 80.4 Å². The van der Waals surface area contributed by atoms with Gasteiger partial charge < -0.3 is 10.8 Å². The van der Waals surface area contributed by atoms with E-state index in [1.54, 1.807) is 17.8 Å². The van der Waals surface area contributed by atoms with Gasteiger partial charge in [-0.1, -0.05) is 6.07 Å². The average molecular weight is 265 g/mol. The van der Waals surface area contributed by atoms with E-state index < -0.39 is 12.0 Å². The van der Waals surface area contributed by atoms with Crippen molar-refractivity contribution < 1.29 is 14.7 Å². The highest BCUT2D eigenvalue weighted by molar-refractivity contribution is 7.99. The molecule has 2 rings (SSSR count). The number of Topliss-reactive ketones (excluding diaryl/α,β-unsaturated/α-hetero) is 1. The first-order chi connectivity index (χ1) is 8.58. The minimum absolute atomic E-state index is 0.296. The van der Waals surface area contributed by atoms with Gasteiger partial charge in [0.2, 0.25) is 0 Å². The van der Waals surface area contributed by atoms with Crippen molar-refractivity contribution in [2.24, 2.45) is 5.73 Å². The Morgan fingerprint density at radius 1 is 1.44 bits per heavy atom. The van der Waals surface area contributed by atoms with Crippen molar-refractivity contribution in [1.82, 2.24) is 0 Å². The average Bonchev–Trinajstić information content (AvgIpc) is 2.36. The molecule has 96 valence electrons. The summed E-state index contributed by atoms with van der Waals surface area (Å²) < 4.78 is 0. The maximum absolute atomic E-state index is 12.0. The number of fused-ring (bicyclic) bond motifs is 1. The minimum Gasteiger partial charge on any atom is -0.481 e. The Morgan fingerprint density at radius 3 is 2.94 bits per heavy atom. The second kappa shape index (κ2) is 5.54. The lowest BCUT2D eigenvalue weighted by molar-refractivity contribution is -0.137. The Morgan fingerprint density at radius 2 is 2.22 bits per heavy atom. The largest absolute Gasteiger partial charge is 0.481 e. The van der Waals surface area contributed by atoms with Crippen LogP contribution in [0.3, 0.4) is 0 Å². The number of ketones is 1. The van der Waals surface area contributed by atoms with Gasteiger partial charge in [-0.15, -0.1) is 11.8 Å². The summed E-state index contributed by atoms with van der Waals surface area (Å²) in [6, 6.07) is 4.56. The lowest BCUT2D eigenvalue weighted by Crippen LogP contribution is -2.33. The van der Waals surface area contributed by atoms with Gasteiger partial charge >= 0.3 is 5.97 Å². The zero-order valence-corrected chi connectivity index (χ0v) is 10.7. The maximum atomic E-state index is 12.0. The van der Waals surface area contributed by atoms with Crippen LogP contribution in [-0.2, 0) is 11.2 Å². The summed E-state index contributed by atoms with van der Waals surface area (Å²) in [5.41, 5.74) is 7.28. The Balaban J connectivity index is 2.18. The number of carbonyl (C=O) groups excluding carboxylic acids is 1. The fourth-order valence-corrected chi connectivity index (χ4v) is 3.03. The first-order valence-electron chi connectivity index (χ1n) is 5.85. The molecule has 1 heterocycles. The molecule has 0 amide bonds. The SMILES string of the molecule is NC(CC(=O)O)C(=O)c1ccc2c(c1)CCCS2. The number of carboxylic acid groups (broad SMARTS) is 1. The number of aryl methyl sites for hydroxylation is 1. The van der Waals surface area contributed by atoms with Gasteiger partial charge in [-0.25, -0.2) is 0 Å². The standard InChI is InChI=1S/C13H15NO3S/c14-10(7-12(15)16)13(17)9-3-4-11-8(6-9)2-1-5-18-11/h3-4,6,10H,1-2,5,7,14H2,(H,15,16). The van der Waals surface area contributed by atoms with Crippen molar-refractivity contribution in [2.75, 3.05) is 5.75 Å². The lowest BCUT2D eigenvalue weighted by atomic mass is 9.99. The van der Waals surface area contributed by atoms with Crippen molar-refractivity contribution in [1.29, 1.82) is 0 Å². The number of hydrogen-bond acceptors (Lipinski definition) is 4. The number of aliphatic carboxylic acids is 1. The van der Waals surface area contributed by atoms with Crippen LogP contribution in [0.2, 0.25) is 0 Å². The van der Waals surface area contributed by atoms with E-state index >= 15 is 0 Å². The summed E-state index contributed by atoms with van der Waals surface area (Å²) in [6.07, 6.45) is 1.75. The van der Waals surface area contributed by atoms with Crippen molar-refractivity contribution in [2.45, 2.75) is 30.2 Å². The highest BCUT2D eigenvalue weighted by Gasteiger charge is 2.20. The third-order valence-electron chi connectivity index (χ3n) is 2.92. The molecular formula is C13H15NO3S. The van der Waals surface area contributed by atoms with E-state index in [1.165, 1.54) is 10.5 Å². The maximum Gasteiger partial charge on any atom is 0.305 e. The van der Waals surface area contributed by atoms with Crippen LogP contribution in [0.4, 0.5) is 0 Å². The number of nitrogens with two attached hydrogens (primary N) is 1. The third-order valence-corrected chi connectivity index (χ3v) is 4.13. The van der Waals surface area contributed by atoms with E-state index in [2.05, 4.69) is 0 Å². The number of carbonyl (C=O) groups is 2. The Labute approximate surface area is 110 Å². The molecule has 1 aromatic rings. The van der Waals surface area contributed by atoms with Crippen molar-refractivity contribution in [3.63, 3.8) is 0 Å². The quantitative estimate of drug-likeness (QED) is 0.810. The molecule has 5 heteroatoms. The zero-order chi connectivity index (χ0) is 13.1. The van der Waals surface area contributed by atoms with E-state index in [4.69, 9.17) is 10.8 Å². The molecule has 0 fully saturated rings. The van der Waals surface area contributed by atoms with Crippen LogP contribution in [0, 0.1) is 0 Å². The molecular weight excluding hydrogens is 250 g/mol. The summed E-state index contributed by atoms with van der Waals surface area (Å²) in [5, 5.41) is 8.64. The molecule has 4 nitrogen and oxygen atoms in total. The monoisotopic (exact) mass is 265 g/mol. The number of thioether (sulfide) groups is 1. The Hall–Kier alpha value is -1.33. The van der Waals surface area contributed by atoms with Gasteiger partial charge in [0.25, 0.3) is 0 Å². The molecule has 1 aliphatic heterocycles. The highest BCUT2D eigenvalue weighted by Crippen LogP contribution is 2.30. The second-order valence-corrected chi connectivity index (χ2v) is 5.48. The van der Waals surface area contributed by atoms with Gasteiger partial charge in [0.05, 0.1) is 12.5 Å². The number of carboxylic acids is 1. The zero-order valence-electron chi connectivity index (χ0n) is 9.89. The normalized spacial score (nSPS) is 15.8. The lowest BCUT2D eigenvalue weighted by Gasteiger charge is -2.16. The Kier molecular flexibility index (Phi) is 4.04. The molecule has 0 aliphatic carbocycles. The first-order valence-corrected chi connectivity index (χ1v) is 6.84. The predicted octanol–water partition coefficient (Wildman–Crippen LogP) is 1.71. The van der Waals surface area contributed by atoms with Gasteiger partial charge in [-0.05, 0) is 36.3 Å². The van der Waals surface area contributed by atoms with Crippen LogP contribution in [0.1, 0.15) is 28.8 Å². The molecule has 18 heavy (non-hydrogen) atoms. The highest BCUT2D eigenvalue weighted by atomic mass is 32.2. The molecule has 3 N–H and O–H groups in total. The molecule has 0 saturated carbocycles. The van der Waals surface area contributed by atoms with E-state index in [0.717, 1.165) is 18.6 Å². The van der Waals surface area contributed by atoms with E-state index in [1.807, 2.05) is 12.1 Å². The van der Waals surface area contributed by atoms with Crippen molar-refractivity contribution in [3.8, 4) is 0 Å². The third kappa shape index (κ3) is 2.91. The van der Waals surface area contributed by atoms with Crippen LogP contribution < -0.4 is 5.73 Å². The van der Waals surface area contributed by atoms with Crippen LogP contribution in [0.25, 0.3) is 0 Å². The molecule has 1 atom stereocenters. The summed E-state index contributed by atoms with van der Waals surface area (Å²) in [6.45, 7) is 0. The fraction of sp³-hybridized carbons (Fsp3) is 0.385. The van der Waals surface area contributed by atoms with Gasteiger partial charge in [0.15, 0.2) is 5.78 Å². The number of rotatable bonds is 4. The van der Waals surface area contributed by atoms with Gasteiger partial charge in [0, 0.05) is 10.5 Å². The molecule has 1 aromatic carbocycles. The molecule has 1 unspecified atom stereocenters. The summed E-state index contributed by atoms with van der Waals surface area (Å²) >= 11 is 1.79. The van der Waals surface area contributed by atoms with E-state index in [0.29, 0.717) is 5.56 Å². The van der Waals surface area contributed by atoms with E-state index in [9.17, 15) is 9.59 Å². The van der Waals surface area contributed by atoms with Crippen LogP contribution in [-0.4, -0.2) is 28.7 Å². The molecule has 0 saturated heterocycles. The predicted molar refractivity (Wildman–Crippen MR) is 70.0 cm³/mol. The smallest absolute Gasteiger partial charge is 0.305 e. The summed E-state index contributed by atoms with van der Waals surface area (Å²) in [7, 11) is 0. The van der Waals surface area contributed by atoms with Gasteiger partial charge in [-0.2, -0.15) is 0 Å².